The highest BCUT2D eigenvalue weighted by Gasteiger charge is 2.31. The van der Waals surface area contributed by atoms with Crippen LogP contribution in [-0.2, 0) is 47.6 Å². The molecule has 2 atom stereocenters. The predicted molar refractivity (Wildman–Crippen MR) is 132 cm³/mol. The van der Waals surface area contributed by atoms with Crippen LogP contribution >= 0.6 is 0 Å². The van der Waals surface area contributed by atoms with Crippen molar-refractivity contribution < 1.29 is 42.5 Å². The van der Waals surface area contributed by atoms with Gasteiger partial charge >= 0.3 is 0 Å². The van der Waals surface area contributed by atoms with Gasteiger partial charge in [-0.25, -0.2) is 4.18 Å². The molecule has 0 aliphatic heterocycles. The number of hydrogen-bond acceptors (Lipinski definition) is 10. The molecule has 0 saturated heterocycles. The zero-order chi connectivity index (χ0) is 26.0. The van der Waals surface area contributed by atoms with E-state index in [0.717, 1.165) is 51.4 Å². The van der Waals surface area contributed by atoms with Crippen LogP contribution in [0.1, 0.15) is 104 Å². The normalized spacial score (nSPS) is 21.1. The molecule has 208 valence electrons. The molecule has 2 aliphatic carbocycles. The van der Waals surface area contributed by atoms with Gasteiger partial charge in [-0.05, 0) is 52.4 Å². The molecular formula is C22H42O10S3. The Hall–Kier alpha value is -0.310. The van der Waals surface area contributed by atoms with Gasteiger partial charge in [0.25, 0.3) is 30.4 Å². The standard InChI is InChI=1S/C22H42O10S3/c1-19(34(25,26)31-21-13-7-5-8-14-21)29-17-11-3-4-12-18-33(23,24)30-20(2)35(27,28)32-22-15-9-6-10-16-22/h19-22H,3-18H2,1-2H3. The van der Waals surface area contributed by atoms with Crippen LogP contribution in [0, 0.1) is 0 Å². The van der Waals surface area contributed by atoms with E-state index in [1.165, 1.54) is 13.8 Å². The third kappa shape index (κ3) is 11.7. The van der Waals surface area contributed by atoms with E-state index in [0.29, 0.717) is 32.1 Å². The minimum absolute atomic E-state index is 0.214. The maximum Gasteiger partial charge on any atom is 0.296 e. The lowest BCUT2D eigenvalue weighted by Crippen LogP contribution is -2.31. The molecule has 2 unspecified atom stereocenters. The minimum Gasteiger partial charge on any atom is -0.360 e. The van der Waals surface area contributed by atoms with Gasteiger partial charge in [0.05, 0.1) is 18.0 Å². The number of ether oxygens (including phenoxy) is 1. The van der Waals surface area contributed by atoms with Gasteiger partial charge in [-0.3, -0.25) is 8.37 Å². The quantitative estimate of drug-likeness (QED) is 0.201. The van der Waals surface area contributed by atoms with Gasteiger partial charge in [-0.2, -0.15) is 25.3 Å². The van der Waals surface area contributed by atoms with Gasteiger partial charge in [0.15, 0.2) is 10.9 Å². The van der Waals surface area contributed by atoms with E-state index in [1.54, 1.807) is 0 Å². The zero-order valence-corrected chi connectivity index (χ0v) is 23.4. The summed E-state index contributed by atoms with van der Waals surface area (Å²) in [5, 5.41) is 0. The second-order valence-electron chi connectivity index (χ2n) is 9.48. The average Bonchev–Trinajstić information content (AvgIpc) is 2.78. The summed E-state index contributed by atoms with van der Waals surface area (Å²) < 4.78 is 94.2. The maximum atomic E-state index is 12.3. The molecule has 0 aromatic carbocycles. The first-order valence-electron chi connectivity index (χ1n) is 12.8. The molecule has 2 rings (SSSR count). The summed E-state index contributed by atoms with van der Waals surface area (Å²) in [5.74, 6) is -0.308. The average molecular weight is 563 g/mol. The largest absolute Gasteiger partial charge is 0.360 e. The van der Waals surface area contributed by atoms with Crippen LogP contribution in [0.2, 0.25) is 0 Å². The summed E-state index contributed by atoms with van der Waals surface area (Å²) in [6, 6.07) is 0. The summed E-state index contributed by atoms with van der Waals surface area (Å²) in [6.45, 7) is 2.83. The Labute approximate surface area is 211 Å². The molecule has 0 N–H and O–H groups in total. The fourth-order valence-electron chi connectivity index (χ4n) is 4.23. The van der Waals surface area contributed by atoms with Crippen molar-refractivity contribution in [2.45, 2.75) is 127 Å². The third-order valence-electron chi connectivity index (χ3n) is 6.38. The highest BCUT2D eigenvalue weighted by molar-refractivity contribution is 7.90. The number of unbranched alkanes of at least 4 members (excludes halogenated alkanes) is 3. The number of rotatable bonds is 16. The Morgan fingerprint density at radius 3 is 1.60 bits per heavy atom. The summed E-state index contributed by atoms with van der Waals surface area (Å²) in [7, 11) is -12.0. The Balaban J connectivity index is 1.60. The van der Waals surface area contributed by atoms with E-state index in [2.05, 4.69) is 0 Å². The third-order valence-corrected chi connectivity index (χ3v) is 10.8. The van der Waals surface area contributed by atoms with E-state index in [-0.39, 0.29) is 24.9 Å². The van der Waals surface area contributed by atoms with Crippen LogP contribution < -0.4 is 0 Å². The van der Waals surface area contributed by atoms with Crippen LogP contribution in [-0.4, -0.2) is 60.7 Å². The molecule has 2 aliphatic rings. The molecule has 2 saturated carbocycles. The van der Waals surface area contributed by atoms with Crippen LogP contribution in [0.15, 0.2) is 0 Å². The van der Waals surface area contributed by atoms with Crippen LogP contribution in [0.4, 0.5) is 0 Å². The van der Waals surface area contributed by atoms with Crippen molar-refractivity contribution in [3.63, 3.8) is 0 Å². The van der Waals surface area contributed by atoms with E-state index < -0.39 is 47.3 Å². The Morgan fingerprint density at radius 2 is 1.09 bits per heavy atom. The van der Waals surface area contributed by atoms with Crippen molar-refractivity contribution in [1.29, 1.82) is 0 Å². The molecule has 0 spiro atoms. The second kappa shape index (κ2) is 14.6. The van der Waals surface area contributed by atoms with E-state index in [1.807, 2.05) is 0 Å². The second-order valence-corrected chi connectivity index (χ2v) is 14.9. The van der Waals surface area contributed by atoms with Gasteiger partial charge in [-0.15, -0.1) is 0 Å². The lowest BCUT2D eigenvalue weighted by molar-refractivity contribution is 0.0876. The van der Waals surface area contributed by atoms with Gasteiger partial charge in [0.2, 0.25) is 0 Å². The molecule has 0 heterocycles. The first-order valence-corrected chi connectivity index (χ1v) is 17.3. The molecular weight excluding hydrogens is 520 g/mol. The van der Waals surface area contributed by atoms with Crippen molar-refractivity contribution in [3.05, 3.63) is 0 Å². The van der Waals surface area contributed by atoms with Crippen molar-refractivity contribution in [1.82, 2.24) is 0 Å². The van der Waals surface area contributed by atoms with Gasteiger partial charge < -0.3 is 4.74 Å². The fourth-order valence-corrected chi connectivity index (χ4v) is 7.76. The van der Waals surface area contributed by atoms with Crippen LogP contribution in [0.3, 0.4) is 0 Å². The molecule has 0 aromatic rings. The van der Waals surface area contributed by atoms with Gasteiger partial charge in [0, 0.05) is 6.61 Å². The Morgan fingerprint density at radius 1 is 0.629 bits per heavy atom. The highest BCUT2D eigenvalue weighted by atomic mass is 32.2. The summed E-state index contributed by atoms with van der Waals surface area (Å²) in [4.78, 5) is 0. The lowest BCUT2D eigenvalue weighted by Gasteiger charge is -2.23. The minimum atomic E-state index is -4.14. The van der Waals surface area contributed by atoms with Gasteiger partial charge in [0.1, 0.15) is 0 Å². The molecule has 0 radical (unpaired) electrons. The molecule has 0 aromatic heterocycles. The smallest absolute Gasteiger partial charge is 0.296 e. The Kier molecular flexibility index (Phi) is 12.9. The first kappa shape index (κ1) is 30.9. The number of hydrogen-bond donors (Lipinski definition) is 0. The molecule has 0 amide bonds. The van der Waals surface area contributed by atoms with Crippen molar-refractivity contribution >= 4 is 30.4 Å². The molecule has 0 bridgehead atoms. The molecule has 13 heteroatoms. The van der Waals surface area contributed by atoms with E-state index in [4.69, 9.17) is 17.3 Å². The maximum absolute atomic E-state index is 12.3. The van der Waals surface area contributed by atoms with E-state index >= 15 is 0 Å². The highest BCUT2D eigenvalue weighted by Crippen LogP contribution is 2.25. The summed E-state index contributed by atoms with van der Waals surface area (Å²) in [5.41, 5.74) is -2.65. The monoisotopic (exact) mass is 562 g/mol. The van der Waals surface area contributed by atoms with Crippen LogP contribution in [0.25, 0.3) is 0 Å². The van der Waals surface area contributed by atoms with Gasteiger partial charge in [-0.1, -0.05) is 51.4 Å². The molecule has 2 fully saturated rings. The molecule has 10 nitrogen and oxygen atoms in total. The molecule has 35 heavy (non-hydrogen) atoms. The zero-order valence-electron chi connectivity index (χ0n) is 20.9. The SMILES string of the molecule is CC(OCCCCCCS(=O)(=O)OC(C)S(=O)(=O)OC1CCCCC1)S(=O)(=O)OC1CCCCC1. The summed E-state index contributed by atoms with van der Waals surface area (Å²) in [6.07, 6.45) is 9.99. The summed E-state index contributed by atoms with van der Waals surface area (Å²) >= 11 is 0. The Bertz CT molecular complexity index is 919. The first-order chi connectivity index (χ1) is 16.4. The van der Waals surface area contributed by atoms with Crippen molar-refractivity contribution in [2.75, 3.05) is 12.4 Å². The van der Waals surface area contributed by atoms with E-state index in [9.17, 15) is 25.3 Å². The van der Waals surface area contributed by atoms with Crippen molar-refractivity contribution in [2.24, 2.45) is 0 Å². The fraction of sp³-hybridized carbons (Fsp3) is 1.00. The lowest BCUT2D eigenvalue weighted by atomic mass is 9.98. The topological polar surface area (TPSA) is 139 Å². The predicted octanol–water partition coefficient (Wildman–Crippen LogP) is 3.96. The van der Waals surface area contributed by atoms with Crippen LogP contribution in [0.5, 0.6) is 0 Å². The van der Waals surface area contributed by atoms with Crippen molar-refractivity contribution in [3.8, 4) is 0 Å².